The van der Waals surface area contributed by atoms with Crippen molar-refractivity contribution >= 4 is 41.3 Å². The van der Waals surface area contributed by atoms with Crippen LogP contribution in [-0.4, -0.2) is 47.8 Å². The lowest BCUT2D eigenvalue weighted by Gasteiger charge is -2.09. The largest absolute Gasteiger partial charge is 0.388 e. The third-order valence-corrected chi connectivity index (χ3v) is 9.46. The standard InChI is InChI=1S/C39H44N8O6/c1-18-8-23(34(42)48)13-28(18)36(50)44-25-10-20(3)30(15-25)38(52)46-27-12-22(5)32(17-27)39(53)47-26-11-21(4)31(16-26)37(51)45-24-9-19(2)29(14-24)35(49)43-7-6-33(40)41/h8-22H,6-7H2,1-5H3,(H3,40,41)(H2,42,48)(H,43,49)(H,44,50)(H,45,51)(H,46,52)(H,47,53). The molecular weight excluding hydrogens is 676 g/mol. The second kappa shape index (κ2) is 15.5. The van der Waals surface area contributed by atoms with Gasteiger partial charge in [0.05, 0.1) is 5.84 Å². The number of carbonyl (C=O) groups excluding carboxylic acids is 6. The van der Waals surface area contributed by atoms with Gasteiger partial charge in [0.1, 0.15) is 0 Å². The Hall–Kier alpha value is -6.31. The van der Waals surface area contributed by atoms with Gasteiger partial charge in [-0.15, -0.1) is 0 Å². The molecule has 5 atom stereocenters. The average Bonchev–Trinajstić information content (AvgIpc) is 3.89. The summed E-state index contributed by atoms with van der Waals surface area (Å²) in [7, 11) is 0. The summed E-state index contributed by atoms with van der Waals surface area (Å²) in [5.74, 6) is -3.84. The minimum atomic E-state index is -0.608. The molecule has 276 valence electrons. The van der Waals surface area contributed by atoms with Crippen molar-refractivity contribution in [3.05, 3.63) is 117 Å². The second-order valence-corrected chi connectivity index (χ2v) is 13.8. The molecule has 5 aliphatic carbocycles. The number of carbonyl (C=O) groups is 6. The highest BCUT2D eigenvalue weighted by Gasteiger charge is 2.30. The van der Waals surface area contributed by atoms with E-state index in [1.165, 1.54) is 6.08 Å². The van der Waals surface area contributed by atoms with Crippen LogP contribution in [0.25, 0.3) is 0 Å². The maximum Gasteiger partial charge on any atom is 0.252 e. The van der Waals surface area contributed by atoms with Gasteiger partial charge < -0.3 is 38.1 Å². The van der Waals surface area contributed by atoms with E-state index < -0.39 is 11.8 Å². The molecule has 0 saturated carbocycles. The van der Waals surface area contributed by atoms with Gasteiger partial charge in [-0.05, 0) is 30.4 Å². The van der Waals surface area contributed by atoms with E-state index in [9.17, 15) is 28.8 Å². The van der Waals surface area contributed by atoms with Gasteiger partial charge in [-0.25, -0.2) is 0 Å². The van der Waals surface area contributed by atoms with Gasteiger partial charge >= 0.3 is 0 Å². The molecule has 0 heterocycles. The van der Waals surface area contributed by atoms with Crippen LogP contribution in [0, 0.1) is 35.0 Å². The highest BCUT2D eigenvalue weighted by molar-refractivity contribution is 6.04. The first kappa shape index (κ1) is 37.9. The summed E-state index contributed by atoms with van der Waals surface area (Å²) in [5.41, 5.74) is 15.0. The van der Waals surface area contributed by atoms with Crippen molar-refractivity contribution in [2.24, 2.45) is 41.1 Å². The molecule has 0 aliphatic heterocycles. The lowest BCUT2D eigenvalue weighted by molar-refractivity contribution is -0.118. The van der Waals surface area contributed by atoms with Crippen molar-refractivity contribution in [2.45, 2.75) is 41.0 Å². The zero-order valence-corrected chi connectivity index (χ0v) is 30.2. The van der Waals surface area contributed by atoms with Crippen molar-refractivity contribution in [2.75, 3.05) is 6.54 Å². The Morgan fingerprint density at radius 3 is 1.11 bits per heavy atom. The molecule has 0 bridgehead atoms. The maximum absolute atomic E-state index is 13.3. The van der Waals surface area contributed by atoms with Crippen molar-refractivity contribution in [1.29, 1.82) is 5.41 Å². The Labute approximate surface area is 307 Å². The lowest BCUT2D eigenvalue weighted by Crippen LogP contribution is -2.30. The molecule has 0 aromatic rings. The van der Waals surface area contributed by atoms with Gasteiger partial charge in [-0.3, -0.25) is 34.2 Å². The fourth-order valence-corrected chi connectivity index (χ4v) is 6.58. The van der Waals surface area contributed by atoms with E-state index in [0.717, 1.165) is 0 Å². The smallest absolute Gasteiger partial charge is 0.252 e. The van der Waals surface area contributed by atoms with Gasteiger partial charge in [0.25, 0.3) is 23.6 Å². The van der Waals surface area contributed by atoms with Crippen LogP contribution in [0.15, 0.2) is 117 Å². The quantitative estimate of drug-likeness (QED) is 0.103. The molecule has 0 aromatic heterocycles. The third-order valence-electron chi connectivity index (χ3n) is 9.46. The molecule has 14 heteroatoms. The molecule has 14 nitrogen and oxygen atoms in total. The van der Waals surface area contributed by atoms with Crippen LogP contribution >= 0.6 is 0 Å². The van der Waals surface area contributed by atoms with Crippen molar-refractivity contribution in [3.63, 3.8) is 0 Å². The van der Waals surface area contributed by atoms with Crippen LogP contribution in [0.2, 0.25) is 0 Å². The summed E-state index contributed by atoms with van der Waals surface area (Å²) < 4.78 is 0. The first-order chi connectivity index (χ1) is 25.0. The van der Waals surface area contributed by atoms with Crippen LogP contribution in [-0.2, 0) is 28.8 Å². The van der Waals surface area contributed by atoms with E-state index in [0.29, 0.717) is 50.7 Å². The number of amides is 6. The number of rotatable bonds is 13. The number of amidine groups is 1. The lowest BCUT2D eigenvalue weighted by atomic mass is 10.0. The Morgan fingerprint density at radius 2 is 0.811 bits per heavy atom. The van der Waals surface area contributed by atoms with Crippen LogP contribution in [0.1, 0.15) is 41.0 Å². The third kappa shape index (κ3) is 8.78. The Bertz CT molecular complexity index is 2030. The minimum Gasteiger partial charge on any atom is -0.388 e. The number of nitrogens with two attached hydrogens (primary N) is 2. The molecule has 10 N–H and O–H groups in total. The zero-order chi connectivity index (χ0) is 38.7. The normalized spacial score (nSPS) is 24.2. The molecule has 0 fully saturated rings. The molecule has 53 heavy (non-hydrogen) atoms. The first-order valence-corrected chi connectivity index (χ1v) is 17.3. The molecule has 0 aromatic carbocycles. The Kier molecular flexibility index (Phi) is 11.1. The van der Waals surface area contributed by atoms with E-state index >= 15 is 0 Å². The zero-order valence-electron chi connectivity index (χ0n) is 30.2. The summed E-state index contributed by atoms with van der Waals surface area (Å²) in [4.78, 5) is 76.8. The highest BCUT2D eigenvalue weighted by atomic mass is 16.2. The summed E-state index contributed by atoms with van der Waals surface area (Å²) in [6.07, 6.45) is 16.8. The summed E-state index contributed by atoms with van der Waals surface area (Å²) in [5, 5.41) is 21.4. The Morgan fingerprint density at radius 1 is 0.509 bits per heavy atom. The second-order valence-electron chi connectivity index (χ2n) is 13.8. The van der Waals surface area contributed by atoms with Crippen molar-refractivity contribution in [3.8, 4) is 0 Å². The minimum absolute atomic E-state index is 0.0203. The van der Waals surface area contributed by atoms with Gasteiger partial charge in [0.15, 0.2) is 0 Å². The van der Waals surface area contributed by atoms with Crippen molar-refractivity contribution in [1.82, 2.24) is 26.6 Å². The molecule has 5 unspecified atom stereocenters. The highest BCUT2D eigenvalue weighted by Crippen LogP contribution is 2.30. The predicted octanol–water partition coefficient (Wildman–Crippen LogP) is 1.72. The number of hydrogen-bond acceptors (Lipinski definition) is 7. The van der Waals surface area contributed by atoms with Crippen LogP contribution < -0.4 is 38.1 Å². The molecule has 5 rings (SSSR count). The number of hydrogen-bond donors (Lipinski definition) is 8. The first-order valence-electron chi connectivity index (χ1n) is 17.3. The molecule has 6 amide bonds. The van der Waals surface area contributed by atoms with Gasteiger partial charge in [0, 0.05) is 98.8 Å². The van der Waals surface area contributed by atoms with E-state index in [4.69, 9.17) is 16.9 Å². The average molecular weight is 721 g/mol. The van der Waals surface area contributed by atoms with Gasteiger partial charge in [0.2, 0.25) is 11.8 Å². The van der Waals surface area contributed by atoms with E-state index in [-0.39, 0.29) is 77.6 Å². The van der Waals surface area contributed by atoms with Gasteiger partial charge in [-0.2, -0.15) is 0 Å². The van der Waals surface area contributed by atoms with Gasteiger partial charge in [-0.1, -0.05) is 65.0 Å². The molecule has 5 aliphatic rings. The summed E-state index contributed by atoms with van der Waals surface area (Å²) in [6.45, 7) is 9.36. The molecule has 0 spiro atoms. The van der Waals surface area contributed by atoms with E-state index in [2.05, 4.69) is 26.6 Å². The fraction of sp³-hybridized carbons (Fsp3) is 0.308. The maximum atomic E-state index is 13.3. The fourth-order valence-electron chi connectivity index (χ4n) is 6.58. The monoisotopic (exact) mass is 720 g/mol. The summed E-state index contributed by atoms with van der Waals surface area (Å²) in [6, 6.07) is 0. The van der Waals surface area contributed by atoms with Crippen LogP contribution in [0.4, 0.5) is 0 Å². The molecule has 0 radical (unpaired) electrons. The predicted molar refractivity (Wildman–Crippen MR) is 198 cm³/mol. The van der Waals surface area contributed by atoms with E-state index in [1.54, 1.807) is 61.6 Å². The number of nitrogens with one attached hydrogen (secondary N) is 6. The SMILES string of the molecule is CC1C=C(NC(=O)C2=CC(NC(=O)C3=CC(NC(=O)C4=CC(NC(=O)C5=CC(C(N)=O)=CC5C)=CC4C)=CC3C)=CC2C)C=C1C(=O)NCCC(=N)N. The number of allylic oxidation sites excluding steroid dienone is 9. The molecular formula is C39H44N8O6. The summed E-state index contributed by atoms with van der Waals surface area (Å²) >= 11 is 0. The Balaban J connectivity index is 1.14. The molecule has 0 saturated heterocycles. The van der Waals surface area contributed by atoms with Crippen molar-refractivity contribution < 1.29 is 28.8 Å². The van der Waals surface area contributed by atoms with E-state index in [1.807, 2.05) is 27.7 Å². The topological polar surface area (TPSA) is 238 Å². The van der Waals surface area contributed by atoms with Crippen LogP contribution in [0.3, 0.4) is 0 Å². The number of primary amides is 1. The van der Waals surface area contributed by atoms with Crippen LogP contribution in [0.5, 0.6) is 0 Å².